The lowest BCUT2D eigenvalue weighted by Crippen LogP contribution is -2.06. The van der Waals surface area contributed by atoms with E-state index in [1.807, 2.05) is 0 Å². The molecular weight excluding hydrogens is 285 g/mol. The van der Waals surface area contributed by atoms with Gasteiger partial charge in [-0.1, -0.05) is 12.1 Å². The van der Waals surface area contributed by atoms with Crippen LogP contribution in [-0.4, -0.2) is 4.92 Å². The standard InChI is InChI=1S/C14H11F3N2O2/c1-8-9(3-2-4-13(8)19(20)21)7-18-14-11(16)5-10(15)6-12(14)17/h2-6,18H,7H2,1H3. The highest BCUT2D eigenvalue weighted by atomic mass is 19.1. The number of benzene rings is 2. The van der Waals surface area contributed by atoms with Crippen molar-refractivity contribution in [2.75, 3.05) is 5.32 Å². The first kappa shape index (κ1) is 14.8. The largest absolute Gasteiger partial charge is 0.376 e. The van der Waals surface area contributed by atoms with Crippen LogP contribution in [0.5, 0.6) is 0 Å². The Bertz CT molecular complexity index is 682. The fraction of sp³-hybridized carbons (Fsp3) is 0.143. The van der Waals surface area contributed by atoms with Gasteiger partial charge < -0.3 is 5.32 Å². The van der Waals surface area contributed by atoms with E-state index in [4.69, 9.17) is 0 Å². The number of hydrogen-bond donors (Lipinski definition) is 1. The molecule has 110 valence electrons. The molecule has 0 fully saturated rings. The van der Waals surface area contributed by atoms with Gasteiger partial charge in [0.25, 0.3) is 5.69 Å². The fourth-order valence-corrected chi connectivity index (χ4v) is 1.95. The number of rotatable bonds is 4. The van der Waals surface area contributed by atoms with E-state index in [2.05, 4.69) is 5.32 Å². The molecule has 2 rings (SSSR count). The van der Waals surface area contributed by atoms with Gasteiger partial charge in [-0.25, -0.2) is 13.2 Å². The zero-order chi connectivity index (χ0) is 15.6. The molecule has 0 aliphatic carbocycles. The Labute approximate surface area is 118 Å². The predicted molar refractivity (Wildman–Crippen MR) is 71.5 cm³/mol. The highest BCUT2D eigenvalue weighted by molar-refractivity contribution is 5.50. The van der Waals surface area contributed by atoms with Crippen molar-refractivity contribution in [2.24, 2.45) is 0 Å². The van der Waals surface area contributed by atoms with E-state index in [9.17, 15) is 23.3 Å². The molecule has 21 heavy (non-hydrogen) atoms. The van der Waals surface area contributed by atoms with Crippen LogP contribution in [0.4, 0.5) is 24.5 Å². The average molecular weight is 296 g/mol. The Hall–Kier alpha value is -2.57. The van der Waals surface area contributed by atoms with Crippen molar-refractivity contribution in [3.05, 3.63) is 69.0 Å². The van der Waals surface area contributed by atoms with Crippen molar-refractivity contribution in [3.8, 4) is 0 Å². The van der Waals surface area contributed by atoms with Gasteiger partial charge in [0, 0.05) is 30.3 Å². The van der Waals surface area contributed by atoms with Gasteiger partial charge in [0.1, 0.15) is 11.5 Å². The molecule has 0 atom stereocenters. The Balaban J connectivity index is 2.25. The smallest absolute Gasteiger partial charge is 0.272 e. The number of anilines is 1. The van der Waals surface area contributed by atoms with Crippen LogP contribution in [0.15, 0.2) is 30.3 Å². The van der Waals surface area contributed by atoms with Gasteiger partial charge in [0.05, 0.1) is 4.92 Å². The molecule has 0 unspecified atom stereocenters. The normalized spacial score (nSPS) is 10.5. The molecule has 0 amide bonds. The molecule has 0 radical (unpaired) electrons. The van der Waals surface area contributed by atoms with Gasteiger partial charge in [-0.15, -0.1) is 0 Å². The highest BCUT2D eigenvalue weighted by Gasteiger charge is 2.15. The van der Waals surface area contributed by atoms with Crippen molar-refractivity contribution in [1.82, 2.24) is 0 Å². The van der Waals surface area contributed by atoms with Gasteiger partial charge in [0.15, 0.2) is 11.6 Å². The molecule has 0 aliphatic rings. The third-order valence-corrected chi connectivity index (χ3v) is 3.08. The summed E-state index contributed by atoms with van der Waals surface area (Å²) in [5.41, 5.74) is 0.377. The number of halogens is 3. The molecule has 0 bridgehead atoms. The van der Waals surface area contributed by atoms with Gasteiger partial charge in [-0.2, -0.15) is 0 Å². The molecule has 0 saturated carbocycles. The Morgan fingerprint density at radius 3 is 2.38 bits per heavy atom. The van der Waals surface area contributed by atoms with Crippen LogP contribution in [0.1, 0.15) is 11.1 Å². The van der Waals surface area contributed by atoms with Crippen LogP contribution >= 0.6 is 0 Å². The van der Waals surface area contributed by atoms with E-state index in [0.717, 1.165) is 0 Å². The van der Waals surface area contributed by atoms with Gasteiger partial charge in [0.2, 0.25) is 0 Å². The van der Waals surface area contributed by atoms with Crippen molar-refractivity contribution < 1.29 is 18.1 Å². The summed E-state index contributed by atoms with van der Waals surface area (Å²) < 4.78 is 39.7. The van der Waals surface area contributed by atoms with Crippen LogP contribution in [0.3, 0.4) is 0 Å². The third kappa shape index (κ3) is 3.13. The van der Waals surface area contributed by atoms with E-state index in [-0.39, 0.29) is 12.2 Å². The minimum absolute atomic E-state index is 0.0208. The molecule has 1 N–H and O–H groups in total. The molecular formula is C14H11F3N2O2. The minimum atomic E-state index is -1.06. The molecule has 0 heterocycles. The molecule has 0 aliphatic heterocycles. The summed E-state index contributed by atoms with van der Waals surface area (Å²) in [4.78, 5) is 10.3. The first-order valence-corrected chi connectivity index (χ1v) is 6.01. The third-order valence-electron chi connectivity index (χ3n) is 3.08. The molecule has 7 heteroatoms. The van der Waals surface area contributed by atoms with Crippen molar-refractivity contribution in [2.45, 2.75) is 13.5 Å². The van der Waals surface area contributed by atoms with Crippen LogP contribution < -0.4 is 5.32 Å². The van der Waals surface area contributed by atoms with Gasteiger partial charge in [-0.05, 0) is 12.5 Å². The summed E-state index contributed by atoms with van der Waals surface area (Å²) in [6.45, 7) is 1.53. The summed E-state index contributed by atoms with van der Waals surface area (Å²) in [6.07, 6.45) is 0. The van der Waals surface area contributed by atoms with Crippen LogP contribution in [0.25, 0.3) is 0 Å². The van der Waals surface area contributed by atoms with Crippen LogP contribution in [0.2, 0.25) is 0 Å². The van der Waals surface area contributed by atoms with Gasteiger partial charge >= 0.3 is 0 Å². The summed E-state index contributed by atoms with van der Waals surface area (Å²) in [6, 6.07) is 5.56. The van der Waals surface area contributed by atoms with E-state index < -0.39 is 28.1 Å². The summed E-state index contributed by atoms with van der Waals surface area (Å²) in [7, 11) is 0. The lowest BCUT2D eigenvalue weighted by Gasteiger charge is -2.11. The molecule has 2 aromatic carbocycles. The maximum Gasteiger partial charge on any atom is 0.272 e. The van der Waals surface area contributed by atoms with Gasteiger partial charge in [-0.3, -0.25) is 10.1 Å². The quantitative estimate of drug-likeness (QED) is 0.687. The zero-order valence-electron chi connectivity index (χ0n) is 11.0. The lowest BCUT2D eigenvalue weighted by atomic mass is 10.1. The fourth-order valence-electron chi connectivity index (χ4n) is 1.95. The average Bonchev–Trinajstić information content (AvgIpc) is 2.38. The number of hydrogen-bond acceptors (Lipinski definition) is 3. The Kier molecular flexibility index (Phi) is 4.11. The second-order valence-electron chi connectivity index (χ2n) is 4.42. The molecule has 0 saturated heterocycles. The molecule has 4 nitrogen and oxygen atoms in total. The first-order chi connectivity index (χ1) is 9.90. The molecule has 0 aromatic heterocycles. The number of nitro groups is 1. The predicted octanol–water partition coefficient (Wildman–Crippen LogP) is 3.93. The maximum atomic E-state index is 13.5. The summed E-state index contributed by atoms with van der Waals surface area (Å²) in [5.74, 6) is -3.13. The zero-order valence-corrected chi connectivity index (χ0v) is 11.0. The van der Waals surface area contributed by atoms with Crippen LogP contribution in [-0.2, 0) is 6.54 Å². The second kappa shape index (κ2) is 5.82. The Morgan fingerprint density at radius 1 is 1.19 bits per heavy atom. The monoisotopic (exact) mass is 296 g/mol. The number of nitrogens with one attached hydrogen (secondary N) is 1. The summed E-state index contributed by atoms with van der Waals surface area (Å²) >= 11 is 0. The van der Waals surface area contributed by atoms with Crippen LogP contribution in [0, 0.1) is 34.5 Å². The number of nitrogens with zero attached hydrogens (tertiary/aromatic N) is 1. The van der Waals surface area contributed by atoms with E-state index >= 15 is 0 Å². The highest BCUT2D eigenvalue weighted by Crippen LogP contribution is 2.24. The van der Waals surface area contributed by atoms with Crippen molar-refractivity contribution in [1.29, 1.82) is 0 Å². The van der Waals surface area contributed by atoms with Crippen molar-refractivity contribution >= 4 is 11.4 Å². The Morgan fingerprint density at radius 2 is 1.81 bits per heavy atom. The minimum Gasteiger partial charge on any atom is -0.376 e. The van der Waals surface area contributed by atoms with Crippen molar-refractivity contribution in [3.63, 3.8) is 0 Å². The SMILES string of the molecule is Cc1c(CNc2c(F)cc(F)cc2F)cccc1[N+](=O)[O-]. The van der Waals surface area contributed by atoms with E-state index in [1.165, 1.54) is 12.1 Å². The van der Waals surface area contributed by atoms with E-state index in [1.54, 1.807) is 13.0 Å². The van der Waals surface area contributed by atoms with E-state index in [0.29, 0.717) is 23.3 Å². The molecule has 2 aromatic rings. The first-order valence-electron chi connectivity index (χ1n) is 6.01. The summed E-state index contributed by atoms with van der Waals surface area (Å²) in [5, 5.41) is 13.3. The number of nitro benzene ring substituents is 1. The second-order valence-corrected chi connectivity index (χ2v) is 4.42. The molecule has 0 spiro atoms. The maximum absolute atomic E-state index is 13.5. The topological polar surface area (TPSA) is 55.2 Å². The lowest BCUT2D eigenvalue weighted by molar-refractivity contribution is -0.385.